The number of hydrogen-bond acceptors (Lipinski definition) is 4. The number of H-pyrrole nitrogens is 3. The van der Waals surface area contributed by atoms with Crippen molar-refractivity contribution in [2.24, 2.45) is 0 Å². The third-order valence-corrected chi connectivity index (χ3v) is 4.89. The van der Waals surface area contributed by atoms with Crippen LogP contribution in [0, 0.1) is 13.8 Å². The minimum atomic E-state index is -0.758. The van der Waals surface area contributed by atoms with Crippen LogP contribution in [0.25, 0.3) is 11.6 Å². The lowest BCUT2D eigenvalue weighted by atomic mass is 10.1. The van der Waals surface area contributed by atoms with E-state index in [9.17, 15) is 15.0 Å². The van der Waals surface area contributed by atoms with E-state index in [0.29, 0.717) is 11.8 Å². The first kappa shape index (κ1) is 17.7. The second kappa shape index (κ2) is 6.67. The molecule has 0 amide bonds. The van der Waals surface area contributed by atoms with Crippen molar-refractivity contribution in [3.8, 4) is 0 Å². The van der Waals surface area contributed by atoms with Crippen molar-refractivity contribution in [2.75, 3.05) is 0 Å². The summed E-state index contributed by atoms with van der Waals surface area (Å²) in [5, 5.41) is 26.9. The summed E-state index contributed by atoms with van der Waals surface area (Å²) in [5.74, 6) is 0. The van der Waals surface area contributed by atoms with Gasteiger partial charge >= 0.3 is 0 Å². The topological polar surface area (TPSA) is 108 Å². The van der Waals surface area contributed by atoms with Gasteiger partial charge in [-0.2, -0.15) is 0 Å². The zero-order valence-corrected chi connectivity index (χ0v) is 15.1. The van der Waals surface area contributed by atoms with Gasteiger partial charge in [0.05, 0.1) is 10.6 Å². The van der Waals surface area contributed by atoms with E-state index in [-0.39, 0.29) is 5.56 Å². The summed E-state index contributed by atoms with van der Waals surface area (Å²) in [5.41, 5.74) is 4.99. The predicted molar refractivity (Wildman–Crippen MR) is 96.0 cm³/mol. The zero-order valence-electron chi connectivity index (χ0n) is 15.1. The van der Waals surface area contributed by atoms with Gasteiger partial charge in [-0.05, 0) is 63.3 Å². The van der Waals surface area contributed by atoms with Crippen LogP contribution in [0.4, 0.5) is 0 Å². The number of aliphatic hydroxyl groups excluding tert-OH is 2. The van der Waals surface area contributed by atoms with Gasteiger partial charge in [-0.25, -0.2) is 4.90 Å². The Balaban J connectivity index is 2.05. The van der Waals surface area contributed by atoms with Crippen LogP contribution in [-0.4, -0.2) is 42.8 Å². The smallest absolute Gasteiger partial charge is 0.271 e. The normalized spacial score (nSPS) is 17.4. The van der Waals surface area contributed by atoms with Gasteiger partial charge in [0, 0.05) is 17.9 Å². The molecule has 1 saturated carbocycles. The monoisotopic (exact) mass is 346 g/mol. The van der Waals surface area contributed by atoms with E-state index in [4.69, 9.17) is 0 Å². The summed E-state index contributed by atoms with van der Waals surface area (Å²) in [6.07, 6.45) is 2.41. The highest BCUT2D eigenvalue weighted by atomic mass is 16.3. The van der Waals surface area contributed by atoms with Crippen molar-refractivity contribution >= 4 is 11.6 Å². The SMILES string of the molecule is Cc1[nH]c(C=c2c(=O)[nH][nH]c2=C2CC2)c(C)c1CN(C(C)O)C(C)O. The van der Waals surface area contributed by atoms with E-state index in [0.717, 1.165) is 40.7 Å². The molecule has 2 heterocycles. The fourth-order valence-corrected chi connectivity index (χ4v) is 3.20. The van der Waals surface area contributed by atoms with Gasteiger partial charge in [0.1, 0.15) is 12.5 Å². The van der Waals surface area contributed by atoms with Crippen molar-refractivity contribution in [1.82, 2.24) is 20.1 Å². The second-order valence-corrected chi connectivity index (χ2v) is 6.82. The Labute approximate surface area is 145 Å². The molecule has 5 N–H and O–H groups in total. The van der Waals surface area contributed by atoms with Crippen LogP contribution in [0.5, 0.6) is 0 Å². The first-order chi connectivity index (χ1) is 11.8. The van der Waals surface area contributed by atoms with E-state index in [1.54, 1.807) is 18.7 Å². The van der Waals surface area contributed by atoms with Crippen LogP contribution < -0.4 is 16.1 Å². The van der Waals surface area contributed by atoms with Crippen molar-refractivity contribution in [1.29, 1.82) is 0 Å². The maximum absolute atomic E-state index is 12.1. The molecule has 0 saturated heterocycles. The van der Waals surface area contributed by atoms with Gasteiger partial charge in [-0.3, -0.25) is 15.0 Å². The molecule has 0 radical (unpaired) electrons. The van der Waals surface area contributed by atoms with E-state index in [2.05, 4.69) is 15.2 Å². The minimum absolute atomic E-state index is 0.128. The molecule has 2 atom stereocenters. The van der Waals surface area contributed by atoms with Crippen molar-refractivity contribution in [2.45, 2.75) is 59.5 Å². The van der Waals surface area contributed by atoms with Crippen molar-refractivity contribution in [3.63, 3.8) is 0 Å². The van der Waals surface area contributed by atoms with Crippen LogP contribution >= 0.6 is 0 Å². The van der Waals surface area contributed by atoms with E-state index in [1.165, 1.54) is 5.57 Å². The van der Waals surface area contributed by atoms with E-state index in [1.807, 2.05) is 19.9 Å². The third kappa shape index (κ3) is 3.49. The number of aliphatic hydroxyl groups is 2. The maximum atomic E-state index is 12.1. The van der Waals surface area contributed by atoms with Crippen LogP contribution in [0.1, 0.15) is 49.2 Å². The molecule has 2 aromatic heterocycles. The van der Waals surface area contributed by atoms with Gasteiger partial charge in [0.25, 0.3) is 5.56 Å². The third-order valence-electron chi connectivity index (χ3n) is 4.89. The molecule has 7 heteroatoms. The number of rotatable bonds is 5. The minimum Gasteiger partial charge on any atom is -0.379 e. The van der Waals surface area contributed by atoms with Crippen molar-refractivity contribution < 1.29 is 10.2 Å². The molecule has 1 fully saturated rings. The summed E-state index contributed by atoms with van der Waals surface area (Å²) in [7, 11) is 0. The van der Waals surface area contributed by atoms with Gasteiger partial charge in [-0.15, -0.1) is 0 Å². The fourth-order valence-electron chi connectivity index (χ4n) is 3.20. The average molecular weight is 346 g/mol. The first-order valence-corrected chi connectivity index (χ1v) is 8.60. The van der Waals surface area contributed by atoms with Gasteiger partial charge in [0.2, 0.25) is 0 Å². The highest BCUT2D eigenvalue weighted by Crippen LogP contribution is 2.26. The van der Waals surface area contributed by atoms with Crippen LogP contribution in [0.3, 0.4) is 0 Å². The summed E-state index contributed by atoms with van der Waals surface area (Å²) in [6.45, 7) is 7.63. The van der Waals surface area contributed by atoms with Crippen LogP contribution in [0.2, 0.25) is 0 Å². The van der Waals surface area contributed by atoms with E-state index >= 15 is 0 Å². The Kier molecular flexibility index (Phi) is 4.73. The molecular formula is C18H26N4O3. The lowest BCUT2D eigenvalue weighted by Crippen LogP contribution is -2.39. The molecule has 1 aliphatic rings. The maximum Gasteiger partial charge on any atom is 0.271 e. The van der Waals surface area contributed by atoms with Gasteiger partial charge in [-0.1, -0.05) is 0 Å². The molecule has 3 rings (SSSR count). The molecule has 7 nitrogen and oxygen atoms in total. The molecule has 0 spiro atoms. The Morgan fingerprint density at radius 2 is 1.80 bits per heavy atom. The Hall–Kier alpha value is -2.09. The Morgan fingerprint density at radius 3 is 2.36 bits per heavy atom. The van der Waals surface area contributed by atoms with Gasteiger partial charge in [0.15, 0.2) is 0 Å². The summed E-state index contributed by atoms with van der Waals surface area (Å²) in [6, 6.07) is 0. The first-order valence-electron chi connectivity index (χ1n) is 8.60. The highest BCUT2D eigenvalue weighted by Gasteiger charge is 2.21. The molecular weight excluding hydrogens is 320 g/mol. The predicted octanol–water partition coefficient (Wildman–Crippen LogP) is -0.100. The number of nitrogens with zero attached hydrogens (tertiary/aromatic N) is 1. The number of aromatic nitrogens is 3. The van der Waals surface area contributed by atoms with Crippen LogP contribution in [-0.2, 0) is 6.54 Å². The molecule has 0 aromatic carbocycles. The number of nitrogens with one attached hydrogen (secondary N) is 3. The highest BCUT2D eigenvalue weighted by molar-refractivity contribution is 5.59. The zero-order chi connectivity index (χ0) is 18.3. The summed E-state index contributed by atoms with van der Waals surface area (Å²) < 4.78 is 0. The summed E-state index contributed by atoms with van der Waals surface area (Å²) >= 11 is 0. The fraction of sp³-hybridized carbons (Fsp3) is 0.500. The molecule has 0 bridgehead atoms. The van der Waals surface area contributed by atoms with Gasteiger partial charge < -0.3 is 15.2 Å². The Morgan fingerprint density at radius 1 is 1.16 bits per heavy atom. The molecule has 25 heavy (non-hydrogen) atoms. The van der Waals surface area contributed by atoms with E-state index < -0.39 is 12.5 Å². The Bertz CT molecular complexity index is 932. The second-order valence-electron chi connectivity index (χ2n) is 6.82. The lowest BCUT2D eigenvalue weighted by Gasteiger charge is -2.28. The molecule has 136 valence electrons. The van der Waals surface area contributed by atoms with Crippen LogP contribution in [0.15, 0.2) is 4.79 Å². The molecule has 2 aromatic rings. The summed E-state index contributed by atoms with van der Waals surface area (Å²) in [4.78, 5) is 17.0. The quantitative estimate of drug-likeness (QED) is 0.487. The average Bonchev–Trinajstić information content (AvgIpc) is 3.25. The number of aryl methyl sites for hydroxylation is 1. The number of aromatic amines is 3. The molecule has 2 unspecified atom stereocenters. The largest absolute Gasteiger partial charge is 0.379 e. The number of hydrogen-bond donors (Lipinski definition) is 5. The molecule has 0 aliphatic heterocycles. The van der Waals surface area contributed by atoms with Crippen molar-refractivity contribution in [3.05, 3.63) is 43.4 Å². The molecule has 1 aliphatic carbocycles. The lowest BCUT2D eigenvalue weighted by molar-refractivity contribution is -0.0898. The standard InChI is InChI=1S/C18H26N4O3/c1-9-15(8-22(11(3)23)12(4)24)10(2)19-16(9)7-14-17(13-5-6-13)20-21-18(14)25/h7,11-12,19-20,23-24H,5-6,8H2,1-4H3,(H,21,25).